The number of amides is 1. The third kappa shape index (κ3) is 4.09. The zero-order valence-electron chi connectivity index (χ0n) is 16.1. The van der Waals surface area contributed by atoms with Crippen LogP contribution in [0.4, 0.5) is 18.9 Å². The molecule has 0 bridgehead atoms. The average molecular weight is 394 g/mol. The molecule has 1 amide bonds. The van der Waals surface area contributed by atoms with E-state index in [1.165, 1.54) is 6.07 Å². The molecule has 2 unspecified atom stereocenters. The number of halogens is 3. The van der Waals surface area contributed by atoms with Crippen molar-refractivity contribution in [2.24, 2.45) is 17.8 Å². The van der Waals surface area contributed by atoms with E-state index in [-0.39, 0.29) is 23.3 Å². The molecule has 0 spiro atoms. The normalized spacial score (nSPS) is 23.5. The van der Waals surface area contributed by atoms with Crippen LogP contribution in [0.3, 0.4) is 0 Å². The van der Waals surface area contributed by atoms with Crippen molar-refractivity contribution in [3.8, 4) is 6.07 Å². The Morgan fingerprint density at radius 1 is 1.25 bits per heavy atom. The molecular weight excluding hydrogens is 369 g/mol. The molecule has 2 saturated heterocycles. The first-order chi connectivity index (χ1) is 13.2. The third-order valence-corrected chi connectivity index (χ3v) is 5.96. The lowest BCUT2D eigenvalue weighted by atomic mass is 9.78. The van der Waals surface area contributed by atoms with Gasteiger partial charge in [-0.3, -0.25) is 4.79 Å². The van der Waals surface area contributed by atoms with Crippen molar-refractivity contribution in [3.63, 3.8) is 0 Å². The van der Waals surface area contributed by atoms with E-state index in [0.29, 0.717) is 31.2 Å². The van der Waals surface area contributed by atoms with Gasteiger partial charge in [0.15, 0.2) is 0 Å². The van der Waals surface area contributed by atoms with Gasteiger partial charge in [-0.05, 0) is 49.4 Å². The van der Waals surface area contributed by atoms with Gasteiger partial charge in [0.25, 0.3) is 0 Å². The predicted molar refractivity (Wildman–Crippen MR) is 99.6 cm³/mol. The summed E-state index contributed by atoms with van der Waals surface area (Å²) in [5, 5.41) is 12.3. The monoisotopic (exact) mass is 394 g/mol. The van der Waals surface area contributed by atoms with Crippen molar-refractivity contribution in [1.29, 1.82) is 5.26 Å². The summed E-state index contributed by atoms with van der Waals surface area (Å²) in [6.07, 6.45) is -2.87. The first kappa shape index (κ1) is 20.5. The Hall–Kier alpha value is -2.27. The van der Waals surface area contributed by atoms with Crippen LogP contribution in [0.1, 0.15) is 24.0 Å². The molecule has 0 aromatic heterocycles. The van der Waals surface area contributed by atoms with Crippen molar-refractivity contribution < 1.29 is 18.0 Å². The number of carbonyl (C=O) groups is 1. The summed E-state index contributed by atoms with van der Waals surface area (Å²) < 4.78 is 39.7. The molecule has 1 aromatic carbocycles. The van der Waals surface area contributed by atoms with Crippen molar-refractivity contribution in [3.05, 3.63) is 29.3 Å². The molecular formula is C20H25F3N4O. The van der Waals surface area contributed by atoms with Gasteiger partial charge in [0.05, 0.1) is 23.1 Å². The number of benzene rings is 1. The summed E-state index contributed by atoms with van der Waals surface area (Å²) in [4.78, 5) is 16.0. The SMILES string of the molecule is CN(C)C(=O)C1CNCC1C1CCN(c2ccc(C#N)c(C(F)(F)F)c2)CC1. The van der Waals surface area contributed by atoms with Crippen LogP contribution < -0.4 is 10.2 Å². The fourth-order valence-electron chi connectivity index (χ4n) is 4.44. The summed E-state index contributed by atoms with van der Waals surface area (Å²) in [7, 11) is 3.53. The predicted octanol–water partition coefficient (Wildman–Crippen LogP) is 2.72. The molecule has 3 rings (SSSR count). The van der Waals surface area contributed by atoms with Gasteiger partial charge in [0.1, 0.15) is 0 Å². The van der Waals surface area contributed by atoms with Crippen LogP contribution in [-0.4, -0.2) is 51.1 Å². The van der Waals surface area contributed by atoms with Crippen molar-refractivity contribution >= 4 is 11.6 Å². The second-order valence-corrected chi connectivity index (χ2v) is 7.83. The highest BCUT2D eigenvalue weighted by Crippen LogP contribution is 2.37. The van der Waals surface area contributed by atoms with Gasteiger partial charge in [-0.1, -0.05) is 0 Å². The van der Waals surface area contributed by atoms with E-state index < -0.39 is 11.7 Å². The highest BCUT2D eigenvalue weighted by atomic mass is 19.4. The van der Waals surface area contributed by atoms with E-state index in [4.69, 9.17) is 5.26 Å². The number of carbonyl (C=O) groups excluding carboxylic acids is 1. The van der Waals surface area contributed by atoms with E-state index in [1.807, 2.05) is 4.90 Å². The number of nitrogens with one attached hydrogen (secondary N) is 1. The van der Waals surface area contributed by atoms with Gasteiger partial charge < -0.3 is 15.1 Å². The molecule has 0 saturated carbocycles. The van der Waals surface area contributed by atoms with Crippen LogP contribution >= 0.6 is 0 Å². The van der Waals surface area contributed by atoms with Gasteiger partial charge in [-0.25, -0.2) is 0 Å². The highest BCUT2D eigenvalue weighted by Gasteiger charge is 2.40. The number of anilines is 1. The van der Waals surface area contributed by atoms with Gasteiger partial charge >= 0.3 is 6.18 Å². The number of hydrogen-bond donors (Lipinski definition) is 1. The largest absolute Gasteiger partial charge is 0.417 e. The molecule has 0 aliphatic carbocycles. The summed E-state index contributed by atoms with van der Waals surface area (Å²) in [5.74, 6) is 0.752. The lowest BCUT2D eigenvalue weighted by molar-refractivity contribution is -0.137. The molecule has 2 aliphatic heterocycles. The van der Waals surface area contributed by atoms with Crippen LogP contribution in [0.5, 0.6) is 0 Å². The van der Waals surface area contributed by atoms with E-state index in [1.54, 1.807) is 31.1 Å². The highest BCUT2D eigenvalue weighted by molar-refractivity contribution is 5.79. The molecule has 0 radical (unpaired) electrons. The summed E-state index contributed by atoms with van der Waals surface area (Å²) in [5.41, 5.74) is -0.741. The van der Waals surface area contributed by atoms with Crippen molar-refractivity contribution in [2.45, 2.75) is 19.0 Å². The number of piperidine rings is 1. The fraction of sp³-hybridized carbons (Fsp3) is 0.600. The van der Waals surface area contributed by atoms with Gasteiger partial charge in [-0.15, -0.1) is 0 Å². The number of hydrogen-bond acceptors (Lipinski definition) is 4. The number of rotatable bonds is 3. The smallest absolute Gasteiger partial charge is 0.372 e. The molecule has 28 heavy (non-hydrogen) atoms. The second-order valence-electron chi connectivity index (χ2n) is 7.83. The molecule has 2 fully saturated rings. The van der Waals surface area contributed by atoms with Gasteiger partial charge in [0.2, 0.25) is 5.91 Å². The Labute approximate surface area is 163 Å². The van der Waals surface area contributed by atoms with Crippen LogP contribution in [-0.2, 0) is 11.0 Å². The zero-order chi connectivity index (χ0) is 20.5. The Bertz CT molecular complexity index is 764. The molecule has 2 aliphatic rings. The van der Waals surface area contributed by atoms with E-state index in [9.17, 15) is 18.0 Å². The first-order valence-electron chi connectivity index (χ1n) is 9.50. The van der Waals surface area contributed by atoms with Crippen LogP contribution in [0.25, 0.3) is 0 Å². The Kier molecular flexibility index (Phi) is 5.84. The molecule has 1 N–H and O–H groups in total. The number of nitriles is 1. The second kappa shape index (κ2) is 8.00. The molecule has 5 nitrogen and oxygen atoms in total. The van der Waals surface area contributed by atoms with Crippen LogP contribution in [0.2, 0.25) is 0 Å². The fourth-order valence-corrected chi connectivity index (χ4v) is 4.44. The lowest BCUT2D eigenvalue weighted by Crippen LogP contribution is -2.41. The van der Waals surface area contributed by atoms with E-state index in [2.05, 4.69) is 5.32 Å². The lowest BCUT2D eigenvalue weighted by Gasteiger charge is -2.38. The van der Waals surface area contributed by atoms with Gasteiger partial charge in [0, 0.05) is 39.4 Å². The molecule has 8 heteroatoms. The Morgan fingerprint density at radius 3 is 2.50 bits per heavy atom. The van der Waals surface area contributed by atoms with Crippen molar-refractivity contribution in [2.75, 3.05) is 45.2 Å². The van der Waals surface area contributed by atoms with E-state index >= 15 is 0 Å². The third-order valence-electron chi connectivity index (χ3n) is 5.96. The average Bonchev–Trinajstić information content (AvgIpc) is 3.16. The molecule has 152 valence electrons. The number of alkyl halides is 3. The summed E-state index contributed by atoms with van der Waals surface area (Å²) in [6.45, 7) is 2.79. The van der Waals surface area contributed by atoms with Gasteiger partial charge in [-0.2, -0.15) is 18.4 Å². The molecule has 2 heterocycles. The zero-order valence-corrected chi connectivity index (χ0v) is 16.1. The maximum atomic E-state index is 13.2. The standard InChI is InChI=1S/C20H25F3N4O/c1-26(2)19(28)17-12-25-11-16(17)13-5-7-27(8-6-13)15-4-3-14(10-24)18(9-15)20(21,22)23/h3-4,9,13,16-17,25H,5-8,11-12H2,1-2H3. The topological polar surface area (TPSA) is 59.4 Å². The number of nitrogens with zero attached hydrogens (tertiary/aromatic N) is 3. The van der Waals surface area contributed by atoms with Crippen LogP contribution in [0.15, 0.2) is 18.2 Å². The minimum absolute atomic E-state index is 0.0294. The van der Waals surface area contributed by atoms with E-state index in [0.717, 1.165) is 25.5 Å². The molecule has 2 atom stereocenters. The quantitative estimate of drug-likeness (QED) is 0.857. The van der Waals surface area contributed by atoms with Crippen LogP contribution in [0, 0.1) is 29.1 Å². The first-order valence-corrected chi connectivity index (χ1v) is 9.50. The minimum Gasteiger partial charge on any atom is -0.372 e. The van der Waals surface area contributed by atoms with Crippen molar-refractivity contribution in [1.82, 2.24) is 10.2 Å². The summed E-state index contributed by atoms with van der Waals surface area (Å²) in [6, 6.07) is 5.53. The molecule has 1 aromatic rings. The maximum absolute atomic E-state index is 13.2. The Balaban J connectivity index is 1.69. The minimum atomic E-state index is -4.55. The summed E-state index contributed by atoms with van der Waals surface area (Å²) >= 11 is 0. The maximum Gasteiger partial charge on any atom is 0.417 e. The Morgan fingerprint density at radius 2 is 1.93 bits per heavy atom.